The van der Waals surface area contributed by atoms with E-state index in [-0.39, 0.29) is 0 Å². The molecule has 2 aromatic carbocycles. The van der Waals surface area contributed by atoms with Crippen molar-refractivity contribution in [2.45, 2.75) is 13.2 Å². The van der Waals surface area contributed by atoms with Crippen LogP contribution >= 0.6 is 15.9 Å². The highest BCUT2D eigenvalue weighted by Crippen LogP contribution is 2.08. The summed E-state index contributed by atoms with van der Waals surface area (Å²) in [6.45, 7) is 0.934. The van der Waals surface area contributed by atoms with Gasteiger partial charge in [-0.25, -0.2) is 0 Å². The Labute approximate surface area is 145 Å². The van der Waals surface area contributed by atoms with Crippen LogP contribution in [0.3, 0.4) is 0 Å². The molecule has 0 bridgehead atoms. The lowest BCUT2D eigenvalue weighted by Gasteiger charge is -2.06. The van der Waals surface area contributed by atoms with Crippen molar-refractivity contribution in [3.05, 3.63) is 94.8 Å². The van der Waals surface area contributed by atoms with E-state index in [1.165, 1.54) is 6.40 Å². The van der Waals surface area contributed by atoms with E-state index >= 15 is 0 Å². The number of allylic oxidation sites excluding steroid dienone is 2. The Morgan fingerprint density at radius 3 is 2.13 bits per heavy atom. The maximum atomic E-state index is 5.69. The van der Waals surface area contributed by atoms with Crippen molar-refractivity contribution in [1.29, 1.82) is 0 Å². The van der Waals surface area contributed by atoms with Crippen LogP contribution in [0.5, 0.6) is 0 Å². The summed E-state index contributed by atoms with van der Waals surface area (Å²) >= 11 is 3.22. The van der Waals surface area contributed by atoms with E-state index < -0.39 is 0 Å². The van der Waals surface area contributed by atoms with Gasteiger partial charge in [0, 0.05) is 6.08 Å². The van der Waals surface area contributed by atoms with Gasteiger partial charge in [-0.2, -0.15) is 4.99 Å². The third kappa shape index (κ3) is 6.98. The molecule has 118 valence electrons. The van der Waals surface area contributed by atoms with Crippen molar-refractivity contribution in [2.24, 2.45) is 4.99 Å². The second kappa shape index (κ2) is 10.4. The number of rotatable bonds is 8. The Bertz CT molecular complexity index is 652. The van der Waals surface area contributed by atoms with Crippen molar-refractivity contribution < 1.29 is 9.47 Å². The van der Waals surface area contributed by atoms with Gasteiger partial charge in [0.25, 0.3) is 0 Å². The lowest BCUT2D eigenvalue weighted by Crippen LogP contribution is -1.94. The molecule has 0 saturated heterocycles. The number of halogens is 1. The Morgan fingerprint density at radius 1 is 0.913 bits per heavy atom. The first-order valence-corrected chi connectivity index (χ1v) is 8.12. The van der Waals surface area contributed by atoms with Crippen molar-refractivity contribution >= 4 is 22.3 Å². The van der Waals surface area contributed by atoms with Gasteiger partial charge in [0.05, 0.1) is 0 Å². The molecule has 0 atom stereocenters. The Balaban J connectivity index is 1.86. The van der Waals surface area contributed by atoms with E-state index in [1.54, 1.807) is 17.1 Å². The van der Waals surface area contributed by atoms with Gasteiger partial charge in [0.15, 0.2) is 6.40 Å². The Hall–Kier alpha value is -2.33. The summed E-state index contributed by atoms with van der Waals surface area (Å²) in [5.41, 5.74) is 2.18. The number of nitrogens with zero attached hydrogens (tertiary/aromatic N) is 1. The molecule has 0 unspecified atom stereocenters. The molecule has 0 heterocycles. The molecule has 4 heteroatoms. The van der Waals surface area contributed by atoms with Crippen LogP contribution in [0.2, 0.25) is 0 Å². The van der Waals surface area contributed by atoms with Gasteiger partial charge >= 0.3 is 0 Å². The minimum absolute atomic E-state index is 0.457. The summed E-state index contributed by atoms with van der Waals surface area (Å²) < 4.78 is 11.1. The molecular formula is C19H18BrNO2. The average Bonchev–Trinajstić information content (AvgIpc) is 2.62. The molecule has 0 aliphatic carbocycles. The number of hydrogen-bond acceptors (Lipinski definition) is 3. The smallest absolute Gasteiger partial charge is 0.216 e. The molecule has 2 rings (SSSR count). The highest BCUT2D eigenvalue weighted by molar-refractivity contribution is 9.11. The maximum Gasteiger partial charge on any atom is 0.216 e. The van der Waals surface area contributed by atoms with Crippen LogP contribution in [0, 0.1) is 0 Å². The van der Waals surface area contributed by atoms with E-state index in [4.69, 9.17) is 9.47 Å². The molecule has 0 spiro atoms. The molecule has 0 amide bonds. The Kier molecular flexibility index (Phi) is 7.70. The highest BCUT2D eigenvalue weighted by atomic mass is 79.9. The molecule has 0 saturated carbocycles. The SMILES string of the molecule is Br/C=C/C=C(\N=COCc1ccccc1)OCc1ccccc1. The van der Waals surface area contributed by atoms with Crippen LogP contribution in [-0.4, -0.2) is 6.40 Å². The second-order valence-corrected chi connectivity index (χ2v) is 5.16. The van der Waals surface area contributed by atoms with Crippen LogP contribution in [0.1, 0.15) is 11.1 Å². The monoisotopic (exact) mass is 371 g/mol. The fourth-order valence-corrected chi connectivity index (χ4v) is 1.93. The summed E-state index contributed by atoms with van der Waals surface area (Å²) in [6, 6.07) is 19.9. The standard InChI is InChI=1S/C19H18BrNO2/c20-13-7-12-19(23-15-18-10-5-2-6-11-18)21-16-22-14-17-8-3-1-4-9-17/h1-13,16H,14-15H2/b13-7+,19-12+,21-16?. The zero-order chi connectivity index (χ0) is 16.2. The minimum Gasteiger partial charge on any atom is -0.478 e. The summed E-state index contributed by atoms with van der Waals surface area (Å²) in [4.78, 5) is 5.95. The molecule has 0 N–H and O–H groups in total. The lowest BCUT2D eigenvalue weighted by molar-refractivity contribution is 0.194. The van der Waals surface area contributed by atoms with Gasteiger partial charge in [0.2, 0.25) is 5.88 Å². The first-order valence-electron chi connectivity index (χ1n) is 7.20. The summed E-state index contributed by atoms with van der Waals surface area (Å²) in [6.07, 6.45) is 4.97. The normalized spacial score (nSPS) is 12.0. The molecule has 23 heavy (non-hydrogen) atoms. The van der Waals surface area contributed by atoms with Gasteiger partial charge in [-0.3, -0.25) is 0 Å². The lowest BCUT2D eigenvalue weighted by atomic mass is 10.2. The first-order chi connectivity index (χ1) is 11.4. The summed E-state index contributed by atoms with van der Waals surface area (Å²) in [5, 5.41) is 0. The van der Waals surface area contributed by atoms with Crippen LogP contribution in [0.15, 0.2) is 88.7 Å². The third-order valence-corrected chi connectivity index (χ3v) is 3.19. The van der Waals surface area contributed by atoms with Gasteiger partial charge in [-0.05, 0) is 22.2 Å². The Morgan fingerprint density at radius 2 is 1.52 bits per heavy atom. The number of hydrogen-bond donors (Lipinski definition) is 0. The number of benzene rings is 2. The first kappa shape index (κ1) is 17.0. The van der Waals surface area contributed by atoms with Crippen molar-refractivity contribution in [2.75, 3.05) is 0 Å². The molecule has 0 radical (unpaired) electrons. The fourth-order valence-electron chi connectivity index (χ4n) is 1.78. The van der Waals surface area contributed by atoms with E-state index in [2.05, 4.69) is 20.9 Å². The topological polar surface area (TPSA) is 30.8 Å². The minimum atomic E-state index is 0.457. The molecule has 3 nitrogen and oxygen atoms in total. The molecule has 0 fully saturated rings. The van der Waals surface area contributed by atoms with Crippen LogP contribution < -0.4 is 0 Å². The number of aliphatic imine (C=N–C) groups is 1. The summed E-state index contributed by atoms with van der Waals surface area (Å²) in [7, 11) is 0. The zero-order valence-electron chi connectivity index (χ0n) is 12.6. The van der Waals surface area contributed by atoms with Gasteiger partial charge in [-0.1, -0.05) is 76.6 Å². The van der Waals surface area contributed by atoms with E-state index in [0.29, 0.717) is 19.1 Å². The van der Waals surface area contributed by atoms with Gasteiger partial charge in [0.1, 0.15) is 13.2 Å². The van der Waals surface area contributed by atoms with Crippen molar-refractivity contribution in [3.63, 3.8) is 0 Å². The number of ether oxygens (including phenoxy) is 2. The van der Waals surface area contributed by atoms with E-state index in [9.17, 15) is 0 Å². The van der Waals surface area contributed by atoms with Gasteiger partial charge < -0.3 is 9.47 Å². The van der Waals surface area contributed by atoms with E-state index in [0.717, 1.165) is 11.1 Å². The molecule has 0 aliphatic heterocycles. The van der Waals surface area contributed by atoms with E-state index in [1.807, 2.05) is 60.7 Å². The van der Waals surface area contributed by atoms with Crippen LogP contribution in [0.25, 0.3) is 0 Å². The predicted octanol–water partition coefficient (Wildman–Crippen LogP) is 5.20. The zero-order valence-corrected chi connectivity index (χ0v) is 14.2. The second-order valence-electron chi connectivity index (χ2n) is 4.63. The van der Waals surface area contributed by atoms with Crippen molar-refractivity contribution in [3.8, 4) is 0 Å². The third-order valence-electron chi connectivity index (χ3n) is 2.89. The molecule has 0 aliphatic rings. The average molecular weight is 372 g/mol. The fraction of sp³-hybridized carbons (Fsp3) is 0.105. The molecule has 0 aromatic heterocycles. The van der Waals surface area contributed by atoms with Crippen LogP contribution in [-0.2, 0) is 22.7 Å². The van der Waals surface area contributed by atoms with Crippen LogP contribution in [0.4, 0.5) is 0 Å². The predicted molar refractivity (Wildman–Crippen MR) is 97.1 cm³/mol. The quantitative estimate of drug-likeness (QED) is 0.276. The van der Waals surface area contributed by atoms with Crippen molar-refractivity contribution in [1.82, 2.24) is 0 Å². The summed E-state index contributed by atoms with van der Waals surface area (Å²) in [5.74, 6) is 0.484. The molecular weight excluding hydrogens is 354 g/mol. The largest absolute Gasteiger partial charge is 0.478 e. The highest BCUT2D eigenvalue weighted by Gasteiger charge is 1.96. The molecule has 2 aromatic rings. The maximum absolute atomic E-state index is 5.69. The van der Waals surface area contributed by atoms with Gasteiger partial charge in [-0.15, -0.1) is 0 Å².